The molecular formula is C15H14N4O3. The number of para-hydroxylation sites is 1. The van der Waals surface area contributed by atoms with Crippen LogP contribution in [0.15, 0.2) is 47.5 Å². The van der Waals surface area contributed by atoms with E-state index in [2.05, 4.69) is 5.10 Å². The Morgan fingerprint density at radius 2 is 2.00 bits per heavy atom. The Morgan fingerprint density at radius 1 is 1.27 bits per heavy atom. The smallest absolute Gasteiger partial charge is 0.342 e. The number of benzene rings is 1. The number of pyridine rings is 1. The second-order valence-corrected chi connectivity index (χ2v) is 4.65. The number of nitrogen functional groups attached to an aromatic ring is 1. The lowest BCUT2D eigenvalue weighted by atomic mass is 10.1. The van der Waals surface area contributed by atoms with E-state index in [0.717, 1.165) is 4.68 Å². The molecule has 2 N–H and O–H groups in total. The van der Waals surface area contributed by atoms with Crippen LogP contribution < -0.4 is 11.4 Å². The number of carbonyl (C=O) groups excluding carboxylic acids is 1. The molecule has 0 amide bonds. The number of rotatable bonds is 3. The number of ether oxygens (including phenoxy) is 1. The number of esters is 1. The summed E-state index contributed by atoms with van der Waals surface area (Å²) in [7, 11) is 0. The van der Waals surface area contributed by atoms with Crippen molar-refractivity contribution in [3.63, 3.8) is 0 Å². The Bertz CT molecular complexity index is 851. The number of aromatic nitrogens is 3. The Hall–Kier alpha value is -3.09. The minimum Gasteiger partial charge on any atom is -0.462 e. The van der Waals surface area contributed by atoms with Crippen LogP contribution in [-0.2, 0) is 4.74 Å². The maximum atomic E-state index is 12.5. The largest absolute Gasteiger partial charge is 0.462 e. The zero-order valence-corrected chi connectivity index (χ0v) is 11.9. The molecule has 0 aromatic heterocycles. The van der Waals surface area contributed by atoms with Crippen molar-refractivity contribution in [3.05, 3.63) is 58.6 Å². The van der Waals surface area contributed by atoms with E-state index < -0.39 is 5.97 Å². The average Bonchev–Trinajstić information content (AvgIpc) is 2.85. The highest BCUT2D eigenvalue weighted by Gasteiger charge is 2.24. The van der Waals surface area contributed by atoms with Crippen LogP contribution in [0.4, 0.5) is 0 Å². The Kier molecular flexibility index (Phi) is 3.38. The summed E-state index contributed by atoms with van der Waals surface area (Å²) in [5.41, 5.74) is 0.966. The highest BCUT2D eigenvalue weighted by atomic mass is 16.5. The molecule has 0 saturated heterocycles. The van der Waals surface area contributed by atoms with Gasteiger partial charge in [-0.25, -0.2) is 4.79 Å². The highest BCUT2D eigenvalue weighted by molar-refractivity contribution is 5.96. The molecule has 3 rings (SSSR count). The fourth-order valence-electron chi connectivity index (χ4n) is 2.23. The number of carbonyl (C=O) groups is 1. The minimum atomic E-state index is -0.565. The maximum absolute atomic E-state index is 12.5. The summed E-state index contributed by atoms with van der Waals surface area (Å²) in [6.45, 7) is 1.93. The van der Waals surface area contributed by atoms with Gasteiger partial charge < -0.3 is 10.6 Å². The van der Waals surface area contributed by atoms with Crippen molar-refractivity contribution < 1.29 is 9.53 Å². The molecule has 0 aliphatic carbocycles. The SMILES string of the molecule is CCOC(=O)c1cn(N)cc2c(=O)n(-c3ccccc3)nc1-2. The third-order valence-electron chi connectivity index (χ3n) is 3.19. The van der Waals surface area contributed by atoms with Crippen molar-refractivity contribution in [2.24, 2.45) is 0 Å². The normalized spacial score (nSPS) is 10.8. The predicted molar refractivity (Wildman–Crippen MR) is 80.6 cm³/mol. The van der Waals surface area contributed by atoms with E-state index in [1.165, 1.54) is 17.1 Å². The average molecular weight is 298 g/mol. The molecular weight excluding hydrogens is 284 g/mol. The lowest BCUT2D eigenvalue weighted by Crippen LogP contribution is -2.18. The summed E-state index contributed by atoms with van der Waals surface area (Å²) in [4.78, 5) is 24.5. The second kappa shape index (κ2) is 5.36. The maximum Gasteiger partial charge on any atom is 0.342 e. The van der Waals surface area contributed by atoms with Gasteiger partial charge in [-0.15, -0.1) is 0 Å². The number of hydrogen-bond donors (Lipinski definition) is 1. The number of fused-ring (bicyclic) bond motifs is 1. The van der Waals surface area contributed by atoms with E-state index in [-0.39, 0.29) is 29.0 Å². The molecule has 2 aliphatic rings. The molecule has 0 saturated carbocycles. The topological polar surface area (TPSA) is 92.1 Å². The van der Waals surface area contributed by atoms with Crippen molar-refractivity contribution in [1.82, 2.24) is 14.5 Å². The van der Waals surface area contributed by atoms with E-state index in [1.807, 2.05) is 6.07 Å². The lowest BCUT2D eigenvalue weighted by Gasteiger charge is -2.07. The fraction of sp³-hybridized carbons (Fsp3) is 0.133. The number of nitrogens with zero attached hydrogens (tertiary/aromatic N) is 3. The van der Waals surface area contributed by atoms with Crippen LogP contribution in [0.25, 0.3) is 16.9 Å². The van der Waals surface area contributed by atoms with Gasteiger partial charge in [-0.1, -0.05) is 18.2 Å². The van der Waals surface area contributed by atoms with E-state index in [0.29, 0.717) is 5.69 Å². The van der Waals surface area contributed by atoms with Gasteiger partial charge in [0.25, 0.3) is 5.56 Å². The van der Waals surface area contributed by atoms with Crippen LogP contribution in [0.1, 0.15) is 17.3 Å². The molecule has 1 aromatic rings. The summed E-state index contributed by atoms with van der Waals surface area (Å²) < 4.78 is 7.39. The molecule has 0 fully saturated rings. The van der Waals surface area contributed by atoms with Gasteiger partial charge in [0, 0.05) is 12.4 Å². The molecule has 112 valence electrons. The van der Waals surface area contributed by atoms with E-state index >= 15 is 0 Å². The summed E-state index contributed by atoms with van der Waals surface area (Å²) in [6.07, 6.45) is 2.83. The van der Waals surface area contributed by atoms with Gasteiger partial charge >= 0.3 is 5.97 Å². The summed E-state index contributed by atoms with van der Waals surface area (Å²) in [6, 6.07) is 8.96. The fourth-order valence-corrected chi connectivity index (χ4v) is 2.23. The van der Waals surface area contributed by atoms with Crippen molar-refractivity contribution in [1.29, 1.82) is 0 Å². The molecule has 7 heteroatoms. The van der Waals surface area contributed by atoms with Crippen molar-refractivity contribution in [3.8, 4) is 16.9 Å². The first kappa shape index (κ1) is 13.9. The van der Waals surface area contributed by atoms with Gasteiger partial charge in [0.15, 0.2) is 0 Å². The van der Waals surface area contributed by atoms with Gasteiger partial charge in [0.1, 0.15) is 11.3 Å². The van der Waals surface area contributed by atoms with Gasteiger partial charge in [0.2, 0.25) is 0 Å². The summed E-state index contributed by atoms with van der Waals surface area (Å²) >= 11 is 0. The van der Waals surface area contributed by atoms with E-state index in [1.54, 1.807) is 31.2 Å². The Morgan fingerprint density at radius 3 is 2.68 bits per heavy atom. The zero-order valence-electron chi connectivity index (χ0n) is 11.9. The van der Waals surface area contributed by atoms with E-state index in [9.17, 15) is 9.59 Å². The van der Waals surface area contributed by atoms with E-state index in [4.69, 9.17) is 10.6 Å². The number of hydrogen-bond acceptors (Lipinski definition) is 5. The quantitative estimate of drug-likeness (QED) is 0.576. The van der Waals surface area contributed by atoms with Gasteiger partial charge in [-0.2, -0.15) is 9.78 Å². The molecule has 0 atom stereocenters. The molecule has 0 unspecified atom stereocenters. The predicted octanol–water partition coefficient (Wildman–Crippen LogP) is 1.03. The Balaban J connectivity index is 2.25. The second-order valence-electron chi connectivity index (χ2n) is 4.65. The van der Waals surface area contributed by atoms with Crippen molar-refractivity contribution >= 4 is 5.97 Å². The zero-order chi connectivity index (χ0) is 15.7. The molecule has 0 radical (unpaired) electrons. The van der Waals surface area contributed by atoms with Crippen LogP contribution in [0, 0.1) is 0 Å². The third-order valence-corrected chi connectivity index (χ3v) is 3.19. The van der Waals surface area contributed by atoms with Crippen molar-refractivity contribution in [2.75, 3.05) is 12.4 Å². The first-order valence-electron chi connectivity index (χ1n) is 6.74. The van der Waals surface area contributed by atoms with Crippen molar-refractivity contribution in [2.45, 2.75) is 6.92 Å². The lowest BCUT2D eigenvalue weighted by molar-refractivity contribution is 0.0526. The van der Waals surface area contributed by atoms with Crippen LogP contribution in [-0.4, -0.2) is 27.0 Å². The molecule has 0 spiro atoms. The van der Waals surface area contributed by atoms with Crippen LogP contribution in [0.3, 0.4) is 0 Å². The Labute approximate surface area is 125 Å². The van der Waals surface area contributed by atoms with Crippen LogP contribution in [0.5, 0.6) is 0 Å². The highest BCUT2D eigenvalue weighted by Crippen LogP contribution is 2.22. The molecule has 22 heavy (non-hydrogen) atoms. The minimum absolute atomic E-state index is 0.161. The number of nitrogens with two attached hydrogens (primary N) is 1. The van der Waals surface area contributed by atoms with Crippen LogP contribution in [0.2, 0.25) is 0 Å². The first-order chi connectivity index (χ1) is 10.6. The van der Waals surface area contributed by atoms with Crippen LogP contribution >= 0.6 is 0 Å². The molecule has 2 aliphatic heterocycles. The molecule has 7 nitrogen and oxygen atoms in total. The summed E-state index contributed by atoms with van der Waals surface area (Å²) in [5.74, 6) is 5.14. The van der Waals surface area contributed by atoms with Gasteiger partial charge in [-0.05, 0) is 19.1 Å². The summed E-state index contributed by atoms with van der Waals surface area (Å²) in [5, 5.41) is 4.26. The molecule has 2 heterocycles. The van der Waals surface area contributed by atoms with Gasteiger partial charge in [-0.3, -0.25) is 9.47 Å². The standard InChI is InChI=1S/C15H14N4O3/c1-2-22-15(21)12-9-18(16)8-11-13(12)17-19(14(11)20)10-6-4-3-5-7-10/h3-9H,2,16H2,1H3. The molecule has 0 bridgehead atoms. The molecule has 1 aromatic carbocycles. The first-order valence-corrected chi connectivity index (χ1v) is 6.74. The third kappa shape index (κ3) is 2.22. The van der Waals surface area contributed by atoms with Gasteiger partial charge in [0.05, 0.1) is 17.9 Å². The monoisotopic (exact) mass is 298 g/mol.